The number of hydrogen-bond acceptors (Lipinski definition) is 6. The Kier molecular flexibility index (Phi) is 6.77. The first-order chi connectivity index (χ1) is 16.8. The van der Waals surface area contributed by atoms with E-state index in [4.69, 9.17) is 4.74 Å². The topological polar surface area (TPSA) is 98.8 Å². The van der Waals surface area contributed by atoms with E-state index in [1.54, 1.807) is 24.3 Å². The lowest BCUT2D eigenvalue weighted by Gasteiger charge is -2.18. The van der Waals surface area contributed by atoms with Crippen LogP contribution in [0.15, 0.2) is 72.8 Å². The molecule has 35 heavy (non-hydrogen) atoms. The van der Waals surface area contributed by atoms with Crippen LogP contribution in [-0.2, 0) is 14.3 Å². The first kappa shape index (κ1) is 23.5. The lowest BCUT2D eigenvalue weighted by atomic mass is 9.84. The smallest absolute Gasteiger partial charge is 0.387 e. The molecule has 176 valence electrons. The molecule has 3 aromatic rings. The highest BCUT2D eigenvalue weighted by molar-refractivity contribution is 6.28. The minimum absolute atomic E-state index is 0.0196. The molecule has 0 atom stereocenters. The van der Waals surface area contributed by atoms with Gasteiger partial charge in [-0.15, -0.1) is 0 Å². The fourth-order valence-electron chi connectivity index (χ4n) is 3.48. The van der Waals surface area contributed by atoms with Gasteiger partial charge in [0.05, 0.1) is 0 Å². The molecule has 0 spiro atoms. The van der Waals surface area contributed by atoms with Gasteiger partial charge in [-0.3, -0.25) is 14.4 Å². The van der Waals surface area contributed by atoms with Crippen LogP contribution in [-0.4, -0.2) is 36.7 Å². The largest absolute Gasteiger partial charge is 0.452 e. The number of ketones is 2. The summed E-state index contributed by atoms with van der Waals surface area (Å²) in [6.07, 6.45) is 2.47. The maximum atomic E-state index is 12.8. The Labute approximate surface area is 198 Å². The Balaban J connectivity index is 1.33. The second-order valence-electron chi connectivity index (χ2n) is 7.40. The summed E-state index contributed by atoms with van der Waals surface area (Å²) in [4.78, 5) is 49.5. The molecule has 0 unspecified atom stereocenters. The number of esters is 1. The Bertz CT molecular complexity index is 1350. The fourth-order valence-corrected chi connectivity index (χ4v) is 3.48. The monoisotopic (exact) mass is 477 g/mol. The summed E-state index contributed by atoms with van der Waals surface area (Å²) in [5.41, 5.74) is 1.85. The number of benzene rings is 3. The lowest BCUT2D eigenvalue weighted by molar-refractivity contribution is -0.142. The van der Waals surface area contributed by atoms with Crippen molar-refractivity contribution in [2.24, 2.45) is 0 Å². The van der Waals surface area contributed by atoms with Crippen molar-refractivity contribution in [2.45, 2.75) is 6.61 Å². The molecule has 0 radical (unpaired) electrons. The van der Waals surface area contributed by atoms with Gasteiger partial charge in [0, 0.05) is 34.0 Å². The Morgan fingerprint density at radius 2 is 1.49 bits per heavy atom. The number of amides is 1. The molecule has 1 aliphatic carbocycles. The minimum Gasteiger partial charge on any atom is -0.452 e. The van der Waals surface area contributed by atoms with Crippen LogP contribution in [0.4, 0.5) is 14.5 Å². The van der Waals surface area contributed by atoms with Crippen LogP contribution in [0.5, 0.6) is 5.75 Å². The van der Waals surface area contributed by atoms with Crippen LogP contribution < -0.4 is 10.1 Å². The SMILES string of the molecule is O=C(COC(=O)/C=C/c1ccc(OC(F)F)cc1)Nc1ccc2c(c1)C(=O)c1ccccc1C2=O. The standard InChI is InChI=1S/C26H17F2NO6/c27-26(28)35-17-9-5-15(6-10-17)7-12-23(31)34-14-22(30)29-16-8-11-20-21(13-16)25(33)19-4-2-1-3-18(19)24(20)32/h1-13,26H,14H2,(H,29,30)/b12-7+. The number of alkyl halides is 2. The van der Waals surface area contributed by atoms with Crippen molar-refractivity contribution in [1.29, 1.82) is 0 Å². The summed E-state index contributed by atoms with van der Waals surface area (Å²) in [7, 11) is 0. The average Bonchev–Trinajstić information content (AvgIpc) is 2.85. The van der Waals surface area contributed by atoms with E-state index >= 15 is 0 Å². The highest BCUT2D eigenvalue weighted by atomic mass is 19.3. The summed E-state index contributed by atoms with van der Waals surface area (Å²) in [5.74, 6) is -2.05. The van der Waals surface area contributed by atoms with E-state index in [0.717, 1.165) is 6.08 Å². The molecule has 9 heteroatoms. The van der Waals surface area contributed by atoms with E-state index in [1.165, 1.54) is 48.5 Å². The van der Waals surface area contributed by atoms with Gasteiger partial charge in [0.15, 0.2) is 18.2 Å². The van der Waals surface area contributed by atoms with Gasteiger partial charge in [-0.1, -0.05) is 36.4 Å². The Morgan fingerprint density at radius 3 is 2.14 bits per heavy atom. The normalized spacial score (nSPS) is 12.3. The Hall–Kier alpha value is -4.66. The predicted octanol–water partition coefficient (Wildman–Crippen LogP) is 4.26. The molecule has 4 rings (SSSR count). The third-order valence-electron chi connectivity index (χ3n) is 5.07. The third-order valence-corrected chi connectivity index (χ3v) is 5.07. The molecule has 1 N–H and O–H groups in total. The zero-order valence-corrected chi connectivity index (χ0v) is 18.0. The summed E-state index contributed by atoms with van der Waals surface area (Å²) in [6, 6.07) is 16.4. The molecular weight excluding hydrogens is 460 g/mol. The molecule has 7 nitrogen and oxygen atoms in total. The first-order valence-corrected chi connectivity index (χ1v) is 10.3. The van der Waals surface area contributed by atoms with Crippen LogP contribution in [0, 0.1) is 0 Å². The Morgan fingerprint density at radius 1 is 0.857 bits per heavy atom. The third kappa shape index (κ3) is 5.47. The zero-order valence-electron chi connectivity index (χ0n) is 18.0. The maximum Gasteiger partial charge on any atom is 0.387 e. The van der Waals surface area contributed by atoms with Crippen LogP contribution in [0.3, 0.4) is 0 Å². The molecule has 1 amide bonds. The van der Waals surface area contributed by atoms with E-state index in [-0.39, 0.29) is 34.1 Å². The highest BCUT2D eigenvalue weighted by Gasteiger charge is 2.29. The van der Waals surface area contributed by atoms with Gasteiger partial charge in [-0.25, -0.2) is 4.79 Å². The van der Waals surface area contributed by atoms with E-state index in [9.17, 15) is 28.0 Å². The summed E-state index contributed by atoms with van der Waals surface area (Å²) in [6.45, 7) is -3.52. The van der Waals surface area contributed by atoms with E-state index in [2.05, 4.69) is 10.1 Å². The number of ether oxygens (including phenoxy) is 2. The van der Waals surface area contributed by atoms with Crippen LogP contribution >= 0.6 is 0 Å². The molecule has 0 aliphatic heterocycles. The number of anilines is 1. The lowest BCUT2D eigenvalue weighted by Crippen LogP contribution is -2.23. The average molecular weight is 477 g/mol. The summed E-state index contributed by atoms with van der Waals surface area (Å²) < 4.78 is 33.5. The van der Waals surface area contributed by atoms with Crippen LogP contribution in [0.1, 0.15) is 37.4 Å². The predicted molar refractivity (Wildman–Crippen MR) is 121 cm³/mol. The summed E-state index contributed by atoms with van der Waals surface area (Å²) >= 11 is 0. The molecule has 0 saturated carbocycles. The number of fused-ring (bicyclic) bond motifs is 2. The van der Waals surface area contributed by atoms with Crippen LogP contribution in [0.25, 0.3) is 6.08 Å². The van der Waals surface area contributed by atoms with E-state index in [1.807, 2.05) is 0 Å². The number of halogens is 2. The van der Waals surface area contributed by atoms with Crippen molar-refractivity contribution in [3.8, 4) is 5.75 Å². The van der Waals surface area contributed by atoms with Gasteiger partial charge in [0.1, 0.15) is 5.75 Å². The van der Waals surface area contributed by atoms with Gasteiger partial charge in [0.2, 0.25) is 0 Å². The molecule has 1 aliphatic rings. The van der Waals surface area contributed by atoms with Crippen molar-refractivity contribution in [2.75, 3.05) is 11.9 Å². The molecule has 0 bridgehead atoms. The van der Waals surface area contributed by atoms with Gasteiger partial charge in [-0.2, -0.15) is 8.78 Å². The molecular formula is C26H17F2NO6. The van der Waals surface area contributed by atoms with Crippen LogP contribution in [0.2, 0.25) is 0 Å². The minimum atomic E-state index is -2.93. The van der Waals surface area contributed by atoms with E-state index < -0.39 is 25.1 Å². The number of hydrogen-bond donors (Lipinski definition) is 1. The number of carbonyl (C=O) groups is 4. The number of nitrogens with one attached hydrogen (secondary N) is 1. The quantitative estimate of drug-likeness (QED) is 0.316. The second-order valence-corrected chi connectivity index (χ2v) is 7.40. The van der Waals surface area contributed by atoms with Crippen molar-refractivity contribution < 1.29 is 37.4 Å². The second kappa shape index (κ2) is 10.1. The molecule has 0 saturated heterocycles. The van der Waals surface area contributed by atoms with Gasteiger partial charge in [0.25, 0.3) is 5.91 Å². The molecule has 0 aromatic heterocycles. The molecule has 0 heterocycles. The number of carbonyl (C=O) groups excluding carboxylic acids is 4. The summed E-state index contributed by atoms with van der Waals surface area (Å²) in [5, 5.41) is 2.52. The van der Waals surface area contributed by atoms with E-state index in [0.29, 0.717) is 16.7 Å². The van der Waals surface area contributed by atoms with Crippen molar-refractivity contribution >= 4 is 35.2 Å². The molecule has 0 fully saturated rings. The van der Waals surface area contributed by atoms with Gasteiger partial charge >= 0.3 is 12.6 Å². The van der Waals surface area contributed by atoms with Gasteiger partial charge < -0.3 is 14.8 Å². The van der Waals surface area contributed by atoms with Crippen molar-refractivity contribution in [3.05, 3.63) is 101 Å². The van der Waals surface area contributed by atoms with Crippen molar-refractivity contribution in [1.82, 2.24) is 0 Å². The van der Waals surface area contributed by atoms with Gasteiger partial charge in [-0.05, 0) is 42.0 Å². The zero-order chi connectivity index (χ0) is 24.9. The highest BCUT2D eigenvalue weighted by Crippen LogP contribution is 2.29. The first-order valence-electron chi connectivity index (χ1n) is 10.3. The maximum absolute atomic E-state index is 12.8. The number of rotatable bonds is 7. The van der Waals surface area contributed by atoms with Crippen molar-refractivity contribution in [3.63, 3.8) is 0 Å². The fraction of sp³-hybridized carbons (Fsp3) is 0.0769. The molecule has 3 aromatic carbocycles.